The van der Waals surface area contributed by atoms with Crippen molar-refractivity contribution in [3.8, 4) is 0 Å². The molecule has 5 heteroatoms. The lowest BCUT2D eigenvalue weighted by atomic mass is 9.34. The van der Waals surface area contributed by atoms with Crippen LogP contribution in [0.2, 0.25) is 0 Å². The van der Waals surface area contributed by atoms with Crippen LogP contribution in [-0.2, 0) is 14.2 Å². The van der Waals surface area contributed by atoms with Gasteiger partial charge in [-0.25, -0.2) is 0 Å². The Kier molecular flexibility index (Phi) is 4.21. The predicted molar refractivity (Wildman–Crippen MR) is 132 cm³/mol. The second kappa shape index (κ2) is 6.17. The van der Waals surface area contributed by atoms with Gasteiger partial charge in [0.2, 0.25) is 0 Å². The normalized spacial score (nSPS) is 62.1. The molecule has 0 aromatic heterocycles. The molecule has 0 aromatic rings. The van der Waals surface area contributed by atoms with E-state index < -0.39 is 17.2 Å². The minimum absolute atomic E-state index is 0.169. The van der Waals surface area contributed by atoms with Gasteiger partial charge in [0, 0.05) is 23.7 Å². The Morgan fingerprint density at radius 3 is 2.03 bits per heavy atom. The molecule has 2 spiro atoms. The van der Waals surface area contributed by atoms with Crippen LogP contribution in [0, 0.1) is 39.4 Å². The molecule has 4 saturated carbocycles. The van der Waals surface area contributed by atoms with Gasteiger partial charge in [0.1, 0.15) is 11.2 Å². The summed E-state index contributed by atoms with van der Waals surface area (Å²) >= 11 is 0. The zero-order valence-electron chi connectivity index (χ0n) is 23.1. The maximum Gasteiger partial charge on any atom is 0.198 e. The van der Waals surface area contributed by atoms with Crippen LogP contribution in [0.5, 0.6) is 0 Å². The summed E-state index contributed by atoms with van der Waals surface area (Å²) in [6.45, 7) is 16.5. The first-order valence-electron chi connectivity index (χ1n) is 14.5. The molecule has 35 heavy (non-hydrogen) atoms. The first-order valence-corrected chi connectivity index (χ1v) is 14.5. The lowest BCUT2D eigenvalue weighted by molar-refractivity contribution is -0.399. The highest BCUT2D eigenvalue weighted by Gasteiger charge is 2.81. The first-order chi connectivity index (χ1) is 16.1. The van der Waals surface area contributed by atoms with Crippen LogP contribution < -0.4 is 0 Å². The maximum atomic E-state index is 11.4. The zero-order chi connectivity index (χ0) is 25.1. The minimum atomic E-state index is -1.02. The summed E-state index contributed by atoms with van der Waals surface area (Å²) in [4.78, 5) is 0. The van der Waals surface area contributed by atoms with Gasteiger partial charge >= 0.3 is 0 Å². The van der Waals surface area contributed by atoms with Gasteiger partial charge in [-0.05, 0) is 101 Å². The van der Waals surface area contributed by atoms with Gasteiger partial charge in [-0.2, -0.15) is 0 Å². The fraction of sp³-hybridized carbons (Fsp3) is 1.00. The van der Waals surface area contributed by atoms with Crippen LogP contribution in [0.3, 0.4) is 0 Å². The number of rotatable bonds is 1. The molecule has 0 aromatic carbocycles. The highest BCUT2D eigenvalue weighted by Crippen LogP contribution is 2.80. The second-order valence-corrected chi connectivity index (χ2v) is 15.8. The van der Waals surface area contributed by atoms with Crippen molar-refractivity contribution in [3.05, 3.63) is 0 Å². The van der Waals surface area contributed by atoms with Crippen LogP contribution in [-0.4, -0.2) is 45.2 Å². The third-order valence-electron chi connectivity index (χ3n) is 14.4. The largest absolute Gasteiger partial charge is 0.385 e. The van der Waals surface area contributed by atoms with Crippen LogP contribution in [0.1, 0.15) is 113 Å². The SMILES string of the molecule is CC(C)(O)C12CC[C@](C)(O1)[C@]1(CC[C@]3(C)C1CCC1C45CC[C@](O)(OC4)C(C)(C)C5CC[C@]13C)O2. The summed E-state index contributed by atoms with van der Waals surface area (Å²) in [5.41, 5.74) is -1.30. The monoisotopic (exact) mass is 488 g/mol. The predicted octanol–water partition coefficient (Wildman–Crippen LogP) is 5.56. The molecule has 0 amide bonds. The van der Waals surface area contributed by atoms with E-state index in [1.165, 1.54) is 25.7 Å². The molecule has 4 heterocycles. The Bertz CT molecular complexity index is 960. The van der Waals surface area contributed by atoms with E-state index in [1.54, 1.807) is 0 Å². The van der Waals surface area contributed by atoms with E-state index in [0.29, 0.717) is 17.8 Å². The maximum absolute atomic E-state index is 11.4. The lowest BCUT2D eigenvalue weighted by Gasteiger charge is -2.74. The molecule has 0 radical (unpaired) electrons. The van der Waals surface area contributed by atoms with Gasteiger partial charge in [0.15, 0.2) is 11.6 Å². The van der Waals surface area contributed by atoms with E-state index in [2.05, 4.69) is 34.6 Å². The average molecular weight is 489 g/mol. The Balaban J connectivity index is 1.29. The molecule has 4 bridgehead atoms. The fourth-order valence-corrected chi connectivity index (χ4v) is 12.1. The van der Waals surface area contributed by atoms with Gasteiger partial charge in [-0.3, -0.25) is 0 Å². The van der Waals surface area contributed by atoms with Gasteiger partial charge in [-0.15, -0.1) is 0 Å². The number of ether oxygens (including phenoxy) is 3. The van der Waals surface area contributed by atoms with Crippen molar-refractivity contribution >= 4 is 0 Å². The smallest absolute Gasteiger partial charge is 0.198 e. The van der Waals surface area contributed by atoms with Crippen LogP contribution in [0.25, 0.3) is 0 Å². The summed E-state index contributed by atoms with van der Waals surface area (Å²) < 4.78 is 20.2. The molecule has 5 unspecified atom stereocenters. The van der Waals surface area contributed by atoms with Crippen molar-refractivity contribution in [2.24, 2.45) is 39.4 Å². The fourth-order valence-electron chi connectivity index (χ4n) is 12.1. The first kappa shape index (κ1) is 23.9. The Morgan fingerprint density at radius 2 is 1.40 bits per heavy atom. The quantitative estimate of drug-likeness (QED) is 0.506. The molecular formula is C30H48O5. The van der Waals surface area contributed by atoms with Gasteiger partial charge in [0.05, 0.1) is 12.2 Å². The highest BCUT2D eigenvalue weighted by atomic mass is 16.8. The van der Waals surface area contributed by atoms with Crippen molar-refractivity contribution in [1.82, 2.24) is 0 Å². The molecule has 10 atom stereocenters. The molecule has 2 N–H and O–H groups in total. The molecule has 5 nitrogen and oxygen atoms in total. The topological polar surface area (TPSA) is 68.2 Å². The number of fused-ring (bicyclic) bond motifs is 9. The average Bonchev–Trinajstić information content (AvgIpc) is 3.36. The van der Waals surface area contributed by atoms with Crippen molar-refractivity contribution in [2.75, 3.05) is 6.61 Å². The molecule has 4 saturated heterocycles. The molecule has 8 rings (SSSR count). The highest BCUT2D eigenvalue weighted by molar-refractivity contribution is 5.28. The Hall–Kier alpha value is -0.200. The van der Waals surface area contributed by atoms with Crippen LogP contribution in [0.4, 0.5) is 0 Å². The number of aliphatic hydroxyl groups is 2. The third-order valence-corrected chi connectivity index (χ3v) is 14.4. The van der Waals surface area contributed by atoms with Crippen LogP contribution in [0.15, 0.2) is 0 Å². The van der Waals surface area contributed by atoms with Crippen molar-refractivity contribution < 1.29 is 24.4 Å². The van der Waals surface area contributed by atoms with E-state index in [4.69, 9.17) is 14.2 Å². The van der Waals surface area contributed by atoms with Crippen molar-refractivity contribution in [1.29, 1.82) is 0 Å². The number of hydrogen-bond donors (Lipinski definition) is 2. The summed E-state index contributed by atoms with van der Waals surface area (Å²) in [6, 6.07) is 0. The summed E-state index contributed by atoms with van der Waals surface area (Å²) in [5, 5.41) is 22.5. The zero-order valence-corrected chi connectivity index (χ0v) is 23.1. The van der Waals surface area contributed by atoms with Crippen molar-refractivity contribution in [3.63, 3.8) is 0 Å². The Labute approximate surface area is 211 Å². The van der Waals surface area contributed by atoms with Crippen LogP contribution >= 0.6 is 0 Å². The van der Waals surface area contributed by atoms with E-state index in [-0.39, 0.29) is 32.9 Å². The second-order valence-electron chi connectivity index (χ2n) is 15.8. The van der Waals surface area contributed by atoms with Gasteiger partial charge < -0.3 is 24.4 Å². The third kappa shape index (κ3) is 2.27. The molecule has 8 aliphatic rings. The lowest BCUT2D eigenvalue weighted by Crippen LogP contribution is -2.73. The molecule has 8 fully saturated rings. The molecule has 4 aliphatic carbocycles. The summed E-state index contributed by atoms with van der Waals surface area (Å²) in [6.07, 6.45) is 10.6. The molecule has 4 aliphatic heterocycles. The van der Waals surface area contributed by atoms with E-state index >= 15 is 0 Å². The molecule has 198 valence electrons. The number of hydrogen-bond acceptors (Lipinski definition) is 5. The minimum Gasteiger partial charge on any atom is -0.385 e. The summed E-state index contributed by atoms with van der Waals surface area (Å²) in [7, 11) is 0. The van der Waals surface area contributed by atoms with Crippen molar-refractivity contribution in [2.45, 2.75) is 141 Å². The van der Waals surface area contributed by atoms with Gasteiger partial charge in [-0.1, -0.05) is 27.7 Å². The van der Waals surface area contributed by atoms with E-state index in [0.717, 1.165) is 45.1 Å². The Morgan fingerprint density at radius 1 is 0.714 bits per heavy atom. The van der Waals surface area contributed by atoms with E-state index in [9.17, 15) is 10.2 Å². The molecular weight excluding hydrogens is 440 g/mol. The summed E-state index contributed by atoms with van der Waals surface area (Å²) in [5.74, 6) is -0.258. The van der Waals surface area contributed by atoms with Gasteiger partial charge in [0.25, 0.3) is 0 Å². The van der Waals surface area contributed by atoms with E-state index in [1.807, 2.05) is 13.8 Å². The standard InChI is InChI=1S/C30H48O5/c1-22(2)19-10-11-24(5)20(27(19)14-16-29(22,32)33-18-27)8-9-21-25(24,6)12-15-28(21)26(7)13-17-30(34-26,35-28)23(3,4)31/h19-21,31-32H,8-18H2,1-7H3/t19?,20?,21?,24-,25-,26+,27?,28-,29+,30?/m1/s1.